The van der Waals surface area contributed by atoms with E-state index in [0.29, 0.717) is 11.1 Å². The van der Waals surface area contributed by atoms with E-state index in [1.54, 1.807) is 37.3 Å². The average Bonchev–Trinajstić information content (AvgIpc) is 2.82. The van der Waals surface area contributed by atoms with E-state index in [-0.39, 0.29) is 29.9 Å². The molecular formula is C26H27F2NO4. The van der Waals surface area contributed by atoms with Gasteiger partial charge in [-0.3, -0.25) is 4.79 Å². The van der Waals surface area contributed by atoms with Crippen LogP contribution in [0.5, 0.6) is 5.75 Å². The van der Waals surface area contributed by atoms with Gasteiger partial charge >= 0.3 is 5.97 Å². The van der Waals surface area contributed by atoms with E-state index < -0.39 is 17.6 Å². The van der Waals surface area contributed by atoms with Crippen molar-refractivity contribution < 1.29 is 28.2 Å². The van der Waals surface area contributed by atoms with Gasteiger partial charge < -0.3 is 15.2 Å². The summed E-state index contributed by atoms with van der Waals surface area (Å²) in [6.07, 6.45) is 0. The Morgan fingerprint density at radius 3 is 2.33 bits per heavy atom. The van der Waals surface area contributed by atoms with Crippen molar-refractivity contribution in [1.29, 1.82) is 0 Å². The summed E-state index contributed by atoms with van der Waals surface area (Å²) in [6.45, 7) is 7.49. The van der Waals surface area contributed by atoms with Crippen molar-refractivity contribution in [3.8, 4) is 5.75 Å². The fourth-order valence-electron chi connectivity index (χ4n) is 3.05. The molecule has 174 valence electrons. The Morgan fingerprint density at radius 1 is 1.03 bits per heavy atom. The molecule has 0 spiro atoms. The topological polar surface area (TPSA) is 75.6 Å². The van der Waals surface area contributed by atoms with Crippen LogP contribution < -0.4 is 10.1 Å². The van der Waals surface area contributed by atoms with E-state index >= 15 is 0 Å². The molecule has 3 aromatic rings. The fraction of sp³-hybridized carbons (Fsp3) is 0.231. The molecule has 3 aromatic carbocycles. The molecule has 0 radical (unpaired) electrons. The Hall–Kier alpha value is -3.74. The molecule has 1 unspecified atom stereocenters. The maximum absolute atomic E-state index is 13.8. The van der Waals surface area contributed by atoms with E-state index in [1.807, 2.05) is 20.8 Å². The summed E-state index contributed by atoms with van der Waals surface area (Å²) in [5.41, 5.74) is 2.62. The van der Waals surface area contributed by atoms with E-state index in [0.717, 1.165) is 17.2 Å². The molecule has 7 heteroatoms. The Kier molecular flexibility index (Phi) is 9.09. The number of carboxylic acids is 1. The second kappa shape index (κ2) is 11.8. The van der Waals surface area contributed by atoms with Gasteiger partial charge in [-0.25, -0.2) is 9.18 Å². The molecule has 0 aliphatic carbocycles. The molecule has 0 aromatic heterocycles. The third kappa shape index (κ3) is 6.62. The normalized spacial score (nSPS) is 11.1. The third-order valence-electron chi connectivity index (χ3n) is 4.81. The summed E-state index contributed by atoms with van der Waals surface area (Å²) in [7, 11) is 0. The van der Waals surface area contributed by atoms with Crippen molar-refractivity contribution in [2.24, 2.45) is 0 Å². The summed E-state index contributed by atoms with van der Waals surface area (Å²) in [6, 6.07) is 14.7. The van der Waals surface area contributed by atoms with Crippen LogP contribution in [0.15, 0.2) is 60.7 Å². The first-order valence-corrected chi connectivity index (χ1v) is 10.6. The first-order chi connectivity index (χ1) is 15.8. The molecule has 0 aliphatic heterocycles. The highest BCUT2D eigenvalue weighted by molar-refractivity contribution is 5.96. The first kappa shape index (κ1) is 25.5. The van der Waals surface area contributed by atoms with Crippen molar-refractivity contribution in [2.45, 2.75) is 40.3 Å². The minimum atomic E-state index is -1.08. The first-order valence-electron chi connectivity index (χ1n) is 10.6. The largest absolute Gasteiger partial charge is 0.486 e. The summed E-state index contributed by atoms with van der Waals surface area (Å²) < 4.78 is 32.6. The van der Waals surface area contributed by atoms with Gasteiger partial charge in [0.25, 0.3) is 5.91 Å². The molecule has 3 rings (SSSR count). The lowest BCUT2D eigenvalue weighted by Crippen LogP contribution is -2.28. The van der Waals surface area contributed by atoms with E-state index in [4.69, 9.17) is 9.84 Å². The van der Waals surface area contributed by atoms with Crippen LogP contribution in [0.3, 0.4) is 0 Å². The van der Waals surface area contributed by atoms with Crippen molar-refractivity contribution in [3.63, 3.8) is 0 Å². The lowest BCUT2D eigenvalue weighted by molar-refractivity contribution is 0.0696. The quantitative estimate of drug-likeness (QED) is 0.454. The van der Waals surface area contributed by atoms with Crippen LogP contribution >= 0.6 is 0 Å². The second-order valence-corrected chi connectivity index (χ2v) is 7.12. The number of hydrogen-bond donors (Lipinski definition) is 2. The number of rotatable bonds is 7. The van der Waals surface area contributed by atoms with Gasteiger partial charge in [-0.05, 0) is 49.7 Å². The zero-order chi connectivity index (χ0) is 24.5. The highest BCUT2D eigenvalue weighted by atomic mass is 19.2. The SMILES string of the molecule is CC.Cc1ccc(COc2cccc(F)c2F)c(C(=O)NC(C)c2ccc(C(=O)O)cc2)c1. The molecule has 0 saturated heterocycles. The summed E-state index contributed by atoms with van der Waals surface area (Å²) in [5, 5.41) is 11.9. The molecule has 0 aliphatic rings. The summed E-state index contributed by atoms with van der Waals surface area (Å²) >= 11 is 0. The molecular weight excluding hydrogens is 428 g/mol. The number of aromatic carboxylic acids is 1. The van der Waals surface area contributed by atoms with Crippen molar-refractivity contribution >= 4 is 11.9 Å². The zero-order valence-electron chi connectivity index (χ0n) is 19.0. The number of carbonyl (C=O) groups is 2. The zero-order valence-corrected chi connectivity index (χ0v) is 19.0. The summed E-state index contributed by atoms with van der Waals surface area (Å²) in [4.78, 5) is 23.9. The van der Waals surface area contributed by atoms with Gasteiger partial charge in [0.15, 0.2) is 11.6 Å². The fourth-order valence-corrected chi connectivity index (χ4v) is 3.05. The smallest absolute Gasteiger partial charge is 0.335 e. The van der Waals surface area contributed by atoms with Gasteiger partial charge in [0.1, 0.15) is 6.61 Å². The van der Waals surface area contributed by atoms with Crippen LogP contribution in [-0.2, 0) is 6.61 Å². The number of carbonyl (C=O) groups excluding carboxylic acids is 1. The molecule has 33 heavy (non-hydrogen) atoms. The maximum Gasteiger partial charge on any atom is 0.335 e. The molecule has 1 atom stereocenters. The number of benzene rings is 3. The van der Waals surface area contributed by atoms with Gasteiger partial charge in [-0.2, -0.15) is 4.39 Å². The van der Waals surface area contributed by atoms with Crippen molar-refractivity contribution in [2.75, 3.05) is 0 Å². The lowest BCUT2D eigenvalue weighted by Gasteiger charge is -2.17. The lowest BCUT2D eigenvalue weighted by atomic mass is 10.0. The number of carboxylic acid groups (broad SMARTS) is 1. The van der Waals surface area contributed by atoms with Crippen LogP contribution in [0.1, 0.15) is 64.2 Å². The van der Waals surface area contributed by atoms with Gasteiger partial charge in [0.05, 0.1) is 11.6 Å². The maximum atomic E-state index is 13.8. The second-order valence-electron chi connectivity index (χ2n) is 7.12. The number of halogens is 2. The number of amides is 1. The van der Waals surface area contributed by atoms with E-state index in [9.17, 15) is 18.4 Å². The highest BCUT2D eigenvalue weighted by Crippen LogP contribution is 2.22. The average molecular weight is 456 g/mol. The van der Waals surface area contributed by atoms with Crippen LogP contribution in [0.2, 0.25) is 0 Å². The predicted octanol–water partition coefficient (Wildman–Crippen LogP) is 6.07. The molecule has 2 N–H and O–H groups in total. The van der Waals surface area contributed by atoms with Crippen LogP contribution in [0.4, 0.5) is 8.78 Å². The molecule has 0 saturated carbocycles. The number of ether oxygens (including phenoxy) is 1. The van der Waals surface area contributed by atoms with Crippen molar-refractivity contribution in [3.05, 3.63) is 100 Å². The Morgan fingerprint density at radius 2 is 1.70 bits per heavy atom. The number of nitrogens with one attached hydrogen (secondary N) is 1. The minimum absolute atomic E-state index is 0.120. The molecule has 0 bridgehead atoms. The number of aryl methyl sites for hydroxylation is 1. The van der Waals surface area contributed by atoms with Crippen LogP contribution in [-0.4, -0.2) is 17.0 Å². The molecule has 1 amide bonds. The minimum Gasteiger partial charge on any atom is -0.486 e. The molecule has 0 heterocycles. The number of hydrogen-bond acceptors (Lipinski definition) is 3. The highest BCUT2D eigenvalue weighted by Gasteiger charge is 2.17. The van der Waals surface area contributed by atoms with E-state index in [1.165, 1.54) is 24.3 Å². The van der Waals surface area contributed by atoms with Gasteiger partial charge in [-0.1, -0.05) is 49.7 Å². The monoisotopic (exact) mass is 455 g/mol. The predicted molar refractivity (Wildman–Crippen MR) is 122 cm³/mol. The van der Waals surface area contributed by atoms with Gasteiger partial charge in [0.2, 0.25) is 5.82 Å². The van der Waals surface area contributed by atoms with Crippen LogP contribution in [0.25, 0.3) is 0 Å². The standard InChI is InChI=1S/C24H21F2NO4.C2H6/c1-14-6-7-18(13-31-21-5-3-4-20(25)22(21)26)19(12-14)23(28)27-15(2)16-8-10-17(11-9-16)24(29)30;1-2/h3-12,15H,13H2,1-2H3,(H,27,28)(H,29,30);1-2H3. The van der Waals surface area contributed by atoms with Gasteiger partial charge in [0, 0.05) is 11.1 Å². The Labute approximate surface area is 192 Å². The molecule has 0 fully saturated rings. The van der Waals surface area contributed by atoms with E-state index in [2.05, 4.69) is 5.32 Å². The molecule has 5 nitrogen and oxygen atoms in total. The Bertz CT molecular complexity index is 1110. The van der Waals surface area contributed by atoms with Crippen LogP contribution in [0, 0.1) is 18.6 Å². The Balaban J connectivity index is 0.00000187. The summed E-state index contributed by atoms with van der Waals surface area (Å²) in [5.74, 6) is -3.72. The van der Waals surface area contributed by atoms with Gasteiger partial charge in [-0.15, -0.1) is 0 Å². The third-order valence-corrected chi connectivity index (χ3v) is 4.81. The van der Waals surface area contributed by atoms with Crippen molar-refractivity contribution in [1.82, 2.24) is 5.32 Å².